The fourth-order valence-corrected chi connectivity index (χ4v) is 2.78. The van der Waals surface area contributed by atoms with Crippen molar-refractivity contribution in [3.05, 3.63) is 41.6 Å². The number of nitriles is 1. The lowest BCUT2D eigenvalue weighted by molar-refractivity contribution is 0.294. The maximum Gasteiger partial charge on any atom is 0.123 e. The zero-order chi connectivity index (χ0) is 13.2. The summed E-state index contributed by atoms with van der Waals surface area (Å²) < 4.78 is 0. The zero-order valence-electron chi connectivity index (χ0n) is 11.1. The van der Waals surface area contributed by atoms with Crippen LogP contribution in [-0.2, 0) is 0 Å². The first-order chi connectivity index (χ1) is 9.28. The summed E-state index contributed by atoms with van der Waals surface area (Å²) in [6, 6.07) is 12.6. The standard InChI is InChI=1S/C16H17N3/c1-12-4-5-13-10-14(6-7-15(13)18-12)16(11-17)19-8-2-3-9-19/h4-7,10,16H,2-3,8-9H2,1H3. The van der Waals surface area contributed by atoms with Gasteiger partial charge < -0.3 is 0 Å². The highest BCUT2D eigenvalue weighted by Crippen LogP contribution is 2.26. The molecule has 0 saturated carbocycles. The van der Waals surface area contributed by atoms with Gasteiger partial charge in [-0.05, 0) is 56.6 Å². The lowest BCUT2D eigenvalue weighted by atomic mass is 10.0. The molecule has 0 amide bonds. The van der Waals surface area contributed by atoms with E-state index in [2.05, 4.69) is 28.1 Å². The van der Waals surface area contributed by atoms with Crippen LogP contribution in [0, 0.1) is 18.3 Å². The molecule has 1 saturated heterocycles. The highest BCUT2D eigenvalue weighted by Gasteiger charge is 2.23. The average Bonchev–Trinajstić information content (AvgIpc) is 2.93. The van der Waals surface area contributed by atoms with Gasteiger partial charge in [-0.3, -0.25) is 9.88 Å². The van der Waals surface area contributed by atoms with Crippen molar-refractivity contribution < 1.29 is 0 Å². The molecule has 1 atom stereocenters. The number of rotatable bonds is 2. The third-order valence-electron chi connectivity index (χ3n) is 3.80. The molecular formula is C16H17N3. The Hall–Kier alpha value is -1.92. The third kappa shape index (κ3) is 2.32. The Morgan fingerprint density at radius 3 is 2.74 bits per heavy atom. The lowest BCUT2D eigenvalue weighted by Gasteiger charge is -2.21. The summed E-state index contributed by atoms with van der Waals surface area (Å²) in [6.45, 7) is 4.06. The van der Waals surface area contributed by atoms with Gasteiger partial charge in [-0.25, -0.2) is 0 Å². The fraction of sp³-hybridized carbons (Fsp3) is 0.375. The van der Waals surface area contributed by atoms with Crippen molar-refractivity contribution in [2.24, 2.45) is 0 Å². The van der Waals surface area contributed by atoms with Crippen LogP contribution in [0.3, 0.4) is 0 Å². The number of aryl methyl sites for hydroxylation is 1. The number of fused-ring (bicyclic) bond motifs is 1. The molecule has 2 heterocycles. The van der Waals surface area contributed by atoms with Gasteiger partial charge in [-0.1, -0.05) is 12.1 Å². The number of benzene rings is 1. The van der Waals surface area contributed by atoms with E-state index in [0.717, 1.165) is 35.2 Å². The lowest BCUT2D eigenvalue weighted by Crippen LogP contribution is -2.24. The molecule has 3 nitrogen and oxygen atoms in total. The van der Waals surface area contributed by atoms with Crippen LogP contribution >= 0.6 is 0 Å². The van der Waals surface area contributed by atoms with Crippen LogP contribution < -0.4 is 0 Å². The summed E-state index contributed by atoms with van der Waals surface area (Å²) in [4.78, 5) is 6.77. The molecule has 0 radical (unpaired) electrons. The second-order valence-corrected chi connectivity index (χ2v) is 5.18. The van der Waals surface area contributed by atoms with E-state index in [1.54, 1.807) is 0 Å². The van der Waals surface area contributed by atoms with Gasteiger partial charge in [0.15, 0.2) is 0 Å². The molecule has 3 rings (SSSR count). The smallest absolute Gasteiger partial charge is 0.123 e. The number of aromatic nitrogens is 1. The number of pyridine rings is 1. The Bertz CT molecular complexity index is 636. The van der Waals surface area contributed by atoms with Crippen LogP contribution in [0.15, 0.2) is 30.3 Å². The van der Waals surface area contributed by atoms with E-state index < -0.39 is 0 Å². The van der Waals surface area contributed by atoms with Gasteiger partial charge in [-0.15, -0.1) is 0 Å². The van der Waals surface area contributed by atoms with Crippen LogP contribution in [0.5, 0.6) is 0 Å². The summed E-state index contributed by atoms with van der Waals surface area (Å²) in [7, 11) is 0. The molecule has 1 fully saturated rings. The highest BCUT2D eigenvalue weighted by atomic mass is 15.2. The Morgan fingerprint density at radius 1 is 1.21 bits per heavy atom. The molecule has 1 aliphatic rings. The van der Waals surface area contributed by atoms with E-state index >= 15 is 0 Å². The molecular weight excluding hydrogens is 234 g/mol. The highest BCUT2D eigenvalue weighted by molar-refractivity contribution is 5.79. The van der Waals surface area contributed by atoms with Crippen molar-refractivity contribution >= 4 is 10.9 Å². The fourth-order valence-electron chi connectivity index (χ4n) is 2.78. The van der Waals surface area contributed by atoms with Crippen molar-refractivity contribution in [3.63, 3.8) is 0 Å². The van der Waals surface area contributed by atoms with E-state index in [1.807, 2.05) is 25.1 Å². The number of nitrogens with zero attached hydrogens (tertiary/aromatic N) is 3. The first-order valence-electron chi connectivity index (χ1n) is 6.79. The minimum atomic E-state index is -0.117. The molecule has 96 valence electrons. The first-order valence-corrected chi connectivity index (χ1v) is 6.79. The van der Waals surface area contributed by atoms with Gasteiger partial charge in [0.1, 0.15) is 6.04 Å². The Labute approximate surface area is 113 Å². The molecule has 0 aliphatic carbocycles. The topological polar surface area (TPSA) is 39.9 Å². The van der Waals surface area contributed by atoms with Crippen molar-refractivity contribution in [3.8, 4) is 6.07 Å². The first kappa shape index (κ1) is 12.1. The maximum atomic E-state index is 9.45. The predicted octanol–water partition coefficient (Wildman–Crippen LogP) is 3.20. The maximum absolute atomic E-state index is 9.45. The van der Waals surface area contributed by atoms with Crippen molar-refractivity contribution in [1.29, 1.82) is 5.26 Å². The van der Waals surface area contributed by atoms with E-state index in [4.69, 9.17) is 0 Å². The SMILES string of the molecule is Cc1ccc2cc(C(C#N)N3CCCC3)ccc2n1. The number of hydrogen-bond acceptors (Lipinski definition) is 3. The zero-order valence-corrected chi connectivity index (χ0v) is 11.1. The van der Waals surface area contributed by atoms with Crippen LogP contribution in [0.2, 0.25) is 0 Å². The van der Waals surface area contributed by atoms with E-state index in [1.165, 1.54) is 12.8 Å². The third-order valence-corrected chi connectivity index (χ3v) is 3.80. The molecule has 0 bridgehead atoms. The van der Waals surface area contributed by atoms with Crippen LogP contribution in [0.1, 0.15) is 30.1 Å². The molecule has 1 aliphatic heterocycles. The Balaban J connectivity index is 1.99. The van der Waals surface area contributed by atoms with Gasteiger partial charge in [-0.2, -0.15) is 5.26 Å². The largest absolute Gasteiger partial charge is 0.284 e. The minimum Gasteiger partial charge on any atom is -0.284 e. The molecule has 0 N–H and O–H groups in total. The molecule has 3 heteroatoms. The van der Waals surface area contributed by atoms with Crippen LogP contribution in [0.25, 0.3) is 10.9 Å². The van der Waals surface area contributed by atoms with Crippen LogP contribution in [0.4, 0.5) is 0 Å². The number of hydrogen-bond donors (Lipinski definition) is 0. The summed E-state index contributed by atoms with van der Waals surface area (Å²) in [6.07, 6.45) is 2.40. The second kappa shape index (κ2) is 4.99. The summed E-state index contributed by atoms with van der Waals surface area (Å²) in [5.41, 5.74) is 3.11. The predicted molar refractivity (Wildman–Crippen MR) is 75.6 cm³/mol. The number of likely N-dealkylation sites (tertiary alicyclic amines) is 1. The van der Waals surface area contributed by atoms with Crippen molar-refractivity contribution in [2.45, 2.75) is 25.8 Å². The van der Waals surface area contributed by atoms with Gasteiger partial charge >= 0.3 is 0 Å². The van der Waals surface area contributed by atoms with E-state index in [-0.39, 0.29) is 6.04 Å². The Morgan fingerprint density at radius 2 is 2.00 bits per heavy atom. The van der Waals surface area contributed by atoms with Crippen LogP contribution in [-0.4, -0.2) is 23.0 Å². The monoisotopic (exact) mass is 251 g/mol. The molecule has 1 unspecified atom stereocenters. The molecule has 19 heavy (non-hydrogen) atoms. The summed E-state index contributed by atoms with van der Waals surface area (Å²) in [5.74, 6) is 0. The molecule has 2 aromatic rings. The second-order valence-electron chi connectivity index (χ2n) is 5.18. The molecule has 0 spiro atoms. The quantitative estimate of drug-likeness (QED) is 0.822. The Kier molecular flexibility index (Phi) is 3.18. The van der Waals surface area contributed by atoms with E-state index in [9.17, 15) is 5.26 Å². The minimum absolute atomic E-state index is 0.117. The normalized spacial score (nSPS) is 17.5. The van der Waals surface area contributed by atoms with Crippen molar-refractivity contribution in [2.75, 3.05) is 13.1 Å². The van der Waals surface area contributed by atoms with Gasteiger partial charge in [0.05, 0.1) is 11.6 Å². The molecule has 1 aromatic carbocycles. The summed E-state index contributed by atoms with van der Waals surface area (Å²) in [5, 5.41) is 10.6. The van der Waals surface area contributed by atoms with Gasteiger partial charge in [0.2, 0.25) is 0 Å². The average molecular weight is 251 g/mol. The molecule has 1 aromatic heterocycles. The van der Waals surface area contributed by atoms with E-state index in [0.29, 0.717) is 0 Å². The van der Waals surface area contributed by atoms with Gasteiger partial charge in [0, 0.05) is 11.1 Å². The summed E-state index contributed by atoms with van der Waals surface area (Å²) >= 11 is 0. The van der Waals surface area contributed by atoms with Crippen molar-refractivity contribution in [1.82, 2.24) is 9.88 Å². The van der Waals surface area contributed by atoms with Gasteiger partial charge in [0.25, 0.3) is 0 Å².